The van der Waals surface area contributed by atoms with Crippen molar-refractivity contribution in [3.05, 3.63) is 59.3 Å². The Kier molecular flexibility index (Phi) is 4.75. The van der Waals surface area contributed by atoms with Gasteiger partial charge in [-0.25, -0.2) is 9.37 Å². The second-order valence-electron chi connectivity index (χ2n) is 7.07. The number of aryl methyl sites for hydroxylation is 1. The topological polar surface area (TPSA) is 89.9 Å². The third-order valence-corrected chi connectivity index (χ3v) is 4.92. The van der Waals surface area contributed by atoms with Crippen LogP contribution >= 0.6 is 0 Å². The number of nitrogens with two attached hydrogens (primary N) is 1. The van der Waals surface area contributed by atoms with E-state index in [1.54, 1.807) is 11.7 Å². The van der Waals surface area contributed by atoms with Crippen molar-refractivity contribution in [2.24, 2.45) is 7.05 Å². The summed E-state index contributed by atoms with van der Waals surface area (Å²) in [6.07, 6.45) is -2.28. The molecular formula is C20H16F4N6O. The molecule has 1 aromatic carbocycles. The fourth-order valence-electron chi connectivity index (χ4n) is 3.35. The lowest BCUT2D eigenvalue weighted by atomic mass is 10.1. The Hall–Kier alpha value is -3.76. The summed E-state index contributed by atoms with van der Waals surface area (Å²) in [5.41, 5.74) is 5.92. The average Bonchev–Trinajstić information content (AvgIpc) is 3.09. The van der Waals surface area contributed by atoms with Gasteiger partial charge in [0, 0.05) is 31.7 Å². The monoisotopic (exact) mass is 432 g/mol. The Morgan fingerprint density at radius 2 is 1.94 bits per heavy atom. The van der Waals surface area contributed by atoms with Gasteiger partial charge in [-0.2, -0.15) is 18.3 Å². The Morgan fingerprint density at radius 3 is 2.58 bits per heavy atom. The summed E-state index contributed by atoms with van der Waals surface area (Å²) >= 11 is 0. The van der Waals surface area contributed by atoms with Crippen molar-refractivity contribution >= 4 is 33.5 Å². The normalized spacial score (nSPS) is 11.9. The van der Waals surface area contributed by atoms with Gasteiger partial charge in [-0.15, -0.1) is 0 Å². The molecule has 3 heterocycles. The molecule has 0 bridgehead atoms. The minimum atomic E-state index is -4.50. The van der Waals surface area contributed by atoms with E-state index in [-0.39, 0.29) is 29.1 Å². The highest BCUT2D eigenvalue weighted by atomic mass is 19.4. The molecule has 4 aromatic rings. The van der Waals surface area contributed by atoms with E-state index in [1.807, 2.05) is 0 Å². The summed E-state index contributed by atoms with van der Waals surface area (Å²) in [6.45, 7) is -0.102. The number of benzene rings is 1. The van der Waals surface area contributed by atoms with Crippen LogP contribution < -0.4 is 5.73 Å². The number of rotatable bonds is 3. The van der Waals surface area contributed by atoms with Gasteiger partial charge in [-0.1, -0.05) is 0 Å². The number of nitrogens with zero attached hydrogens (tertiary/aromatic N) is 5. The van der Waals surface area contributed by atoms with Crippen LogP contribution in [0.25, 0.3) is 21.8 Å². The molecule has 0 aliphatic carbocycles. The second kappa shape index (κ2) is 7.18. The number of nitrogen functional groups attached to an aromatic ring is 1. The smallest absolute Gasteiger partial charge is 0.383 e. The van der Waals surface area contributed by atoms with E-state index in [0.717, 1.165) is 12.1 Å². The number of hydrogen-bond acceptors (Lipinski definition) is 5. The Labute approximate surface area is 173 Å². The number of amides is 1. The molecule has 4 rings (SSSR count). The largest absolute Gasteiger partial charge is 0.417 e. The van der Waals surface area contributed by atoms with E-state index >= 15 is 0 Å². The molecule has 0 atom stereocenters. The summed E-state index contributed by atoms with van der Waals surface area (Å²) in [4.78, 5) is 22.0. The van der Waals surface area contributed by atoms with E-state index < -0.39 is 23.5 Å². The molecule has 0 saturated heterocycles. The predicted octanol–water partition coefficient (Wildman–Crippen LogP) is 3.53. The number of fused-ring (bicyclic) bond motifs is 3. The molecule has 2 N–H and O–H groups in total. The van der Waals surface area contributed by atoms with Gasteiger partial charge in [0.2, 0.25) is 0 Å². The van der Waals surface area contributed by atoms with Crippen molar-refractivity contribution in [1.82, 2.24) is 24.6 Å². The Morgan fingerprint density at radius 1 is 1.19 bits per heavy atom. The summed E-state index contributed by atoms with van der Waals surface area (Å²) in [6, 6.07) is 4.55. The maximum Gasteiger partial charge on any atom is 0.417 e. The third-order valence-electron chi connectivity index (χ3n) is 4.92. The van der Waals surface area contributed by atoms with Crippen molar-refractivity contribution in [2.75, 3.05) is 12.8 Å². The van der Waals surface area contributed by atoms with E-state index in [2.05, 4.69) is 15.1 Å². The fourth-order valence-corrected chi connectivity index (χ4v) is 3.35. The van der Waals surface area contributed by atoms with Gasteiger partial charge in [0.15, 0.2) is 0 Å². The van der Waals surface area contributed by atoms with Crippen LogP contribution in [0.15, 0.2) is 36.7 Å². The summed E-state index contributed by atoms with van der Waals surface area (Å²) in [7, 11) is 3.10. The standard InChI is InChI=1S/C20H16F4N6O/c1-29(9-11-4-3-10(7-26-11)20(22,23)24)19(31)12-5-13-16(6-15(12)21)28-18(25)14-8-27-30(2)17(13)14/h3-8H,9H2,1-2H3,(H2,25,28). The minimum absolute atomic E-state index is 0.102. The number of alkyl halides is 3. The van der Waals surface area contributed by atoms with E-state index in [4.69, 9.17) is 5.73 Å². The lowest BCUT2D eigenvalue weighted by molar-refractivity contribution is -0.137. The predicted molar refractivity (Wildman–Crippen MR) is 105 cm³/mol. The van der Waals surface area contributed by atoms with Crippen LogP contribution in [0.4, 0.5) is 23.4 Å². The van der Waals surface area contributed by atoms with Gasteiger partial charge in [0.05, 0.1) is 46.0 Å². The fraction of sp³-hybridized carbons (Fsp3) is 0.200. The average molecular weight is 432 g/mol. The van der Waals surface area contributed by atoms with E-state index in [0.29, 0.717) is 22.5 Å². The molecule has 0 fully saturated rings. The molecule has 11 heteroatoms. The van der Waals surface area contributed by atoms with Gasteiger partial charge in [-0.05, 0) is 18.2 Å². The lowest BCUT2D eigenvalue weighted by Crippen LogP contribution is -2.27. The first-order chi connectivity index (χ1) is 14.6. The molecule has 0 aliphatic heterocycles. The molecule has 160 valence electrons. The van der Waals surface area contributed by atoms with E-state index in [1.165, 1.54) is 30.3 Å². The lowest BCUT2D eigenvalue weighted by Gasteiger charge is -2.18. The van der Waals surface area contributed by atoms with Crippen molar-refractivity contribution in [3.63, 3.8) is 0 Å². The molecule has 0 radical (unpaired) electrons. The molecule has 0 saturated carbocycles. The van der Waals surface area contributed by atoms with Crippen LogP contribution in [-0.2, 0) is 19.8 Å². The number of carbonyl (C=O) groups is 1. The molecule has 0 unspecified atom stereocenters. The molecule has 3 aromatic heterocycles. The number of pyridine rings is 2. The van der Waals surface area contributed by atoms with Crippen molar-refractivity contribution < 1.29 is 22.4 Å². The van der Waals surface area contributed by atoms with Gasteiger partial charge in [0.25, 0.3) is 5.91 Å². The first-order valence-corrected chi connectivity index (χ1v) is 9.04. The second-order valence-corrected chi connectivity index (χ2v) is 7.07. The number of aromatic nitrogens is 4. The summed E-state index contributed by atoms with van der Waals surface area (Å²) in [5.74, 6) is -1.26. The van der Waals surface area contributed by atoms with Crippen LogP contribution in [0.3, 0.4) is 0 Å². The highest BCUT2D eigenvalue weighted by Gasteiger charge is 2.30. The molecule has 0 spiro atoms. The summed E-state index contributed by atoms with van der Waals surface area (Å²) in [5, 5.41) is 5.21. The molecule has 7 nitrogen and oxygen atoms in total. The number of halogens is 4. The highest BCUT2D eigenvalue weighted by Crippen LogP contribution is 2.30. The molecule has 1 amide bonds. The minimum Gasteiger partial charge on any atom is -0.383 e. The zero-order chi connectivity index (χ0) is 22.5. The van der Waals surface area contributed by atoms with Gasteiger partial charge >= 0.3 is 6.18 Å². The van der Waals surface area contributed by atoms with E-state index in [9.17, 15) is 22.4 Å². The van der Waals surface area contributed by atoms with Crippen molar-refractivity contribution in [2.45, 2.75) is 12.7 Å². The van der Waals surface area contributed by atoms with Gasteiger partial charge in [0.1, 0.15) is 11.6 Å². The third kappa shape index (κ3) is 3.62. The van der Waals surface area contributed by atoms with Gasteiger partial charge < -0.3 is 10.6 Å². The van der Waals surface area contributed by atoms with Crippen LogP contribution in [0.2, 0.25) is 0 Å². The number of anilines is 1. The Balaban J connectivity index is 1.68. The quantitative estimate of drug-likeness (QED) is 0.501. The highest BCUT2D eigenvalue weighted by molar-refractivity contribution is 6.10. The maximum atomic E-state index is 14.7. The zero-order valence-electron chi connectivity index (χ0n) is 16.4. The van der Waals surface area contributed by atoms with Crippen LogP contribution in [0.1, 0.15) is 21.6 Å². The number of carbonyl (C=O) groups excluding carboxylic acids is 1. The van der Waals surface area contributed by atoms with Gasteiger partial charge in [-0.3, -0.25) is 14.5 Å². The summed E-state index contributed by atoms with van der Waals surface area (Å²) < 4.78 is 54.3. The Bertz CT molecular complexity index is 1310. The van der Waals surface area contributed by atoms with Crippen molar-refractivity contribution in [1.29, 1.82) is 0 Å². The SMILES string of the molecule is CN(Cc1ccc(C(F)(F)F)cn1)C(=O)c1cc2c(cc1F)nc(N)c1cnn(C)c12. The zero-order valence-corrected chi connectivity index (χ0v) is 16.4. The maximum absolute atomic E-state index is 14.7. The van der Waals surface area contributed by atoms with Crippen LogP contribution in [0, 0.1) is 5.82 Å². The van der Waals surface area contributed by atoms with Crippen LogP contribution in [0.5, 0.6) is 0 Å². The number of hydrogen-bond donors (Lipinski definition) is 1. The van der Waals surface area contributed by atoms with Crippen LogP contribution in [-0.4, -0.2) is 37.6 Å². The van der Waals surface area contributed by atoms with Crippen molar-refractivity contribution in [3.8, 4) is 0 Å². The molecule has 0 aliphatic rings. The first-order valence-electron chi connectivity index (χ1n) is 9.04. The molecule has 31 heavy (non-hydrogen) atoms. The molecular weight excluding hydrogens is 416 g/mol. The first kappa shape index (κ1) is 20.5.